The van der Waals surface area contributed by atoms with Gasteiger partial charge in [-0.1, -0.05) is 11.8 Å². The molecule has 2 saturated heterocycles. The molecule has 3 aliphatic rings. The molecule has 3 aliphatic heterocycles. The van der Waals surface area contributed by atoms with Gasteiger partial charge < -0.3 is 30.5 Å². The lowest BCUT2D eigenvalue weighted by Gasteiger charge is -2.56. The summed E-state index contributed by atoms with van der Waals surface area (Å²) in [4.78, 5) is 79.3. The normalized spacial score (nSPS) is 23.8. The van der Waals surface area contributed by atoms with Crippen LogP contribution in [-0.4, -0.2) is 142 Å². The largest absolute Gasteiger partial charge is 0.477 e. The molecular weight excluding hydrogens is 598 g/mol. The lowest BCUT2D eigenvalue weighted by atomic mass is 9.97. The third-order valence-corrected chi connectivity index (χ3v) is 9.35. The number of β-lactam (4-membered cyclic amide) rings is 1. The molecule has 1 aromatic heterocycles. The Morgan fingerprint density at radius 3 is 2.52 bits per heavy atom. The van der Waals surface area contributed by atoms with E-state index in [2.05, 4.69) is 26.2 Å². The van der Waals surface area contributed by atoms with Crippen LogP contribution in [0.25, 0.3) is 0 Å². The lowest BCUT2D eigenvalue weighted by molar-refractivity contribution is -0.193. The van der Waals surface area contributed by atoms with Crippen molar-refractivity contribution < 1.29 is 43.7 Å². The molecule has 1 aromatic rings. The first-order chi connectivity index (χ1) is 19.9. The molecule has 4 rings (SSSR count). The number of nitrogens with one attached hydrogen (secondary N) is 2. The molecule has 4 heterocycles. The SMILES string of the molecule is CCN1CCN(C(=O)N[C@@H](C(=O)N[C@@]2(OC)C(=O)N3C(C(=O)O)=C(CSc4nnnn4C)CS[C@H]32)[C@H](C)O)C(=O)C1=O. The number of carboxylic acids is 1. The van der Waals surface area contributed by atoms with Crippen LogP contribution in [0.4, 0.5) is 4.79 Å². The smallest absolute Gasteiger partial charge is 0.352 e. The highest BCUT2D eigenvalue weighted by atomic mass is 32.2. The summed E-state index contributed by atoms with van der Waals surface area (Å²) in [7, 11) is 2.78. The number of likely N-dealkylation sites (N-methyl/N-ethyl adjacent to an activating group) is 1. The zero-order valence-electron chi connectivity index (χ0n) is 23.0. The van der Waals surface area contributed by atoms with E-state index in [9.17, 15) is 39.0 Å². The summed E-state index contributed by atoms with van der Waals surface area (Å²) in [6.45, 7) is 3.15. The minimum absolute atomic E-state index is 0.103. The van der Waals surface area contributed by atoms with E-state index in [1.165, 1.54) is 28.3 Å². The molecule has 42 heavy (non-hydrogen) atoms. The number of amides is 6. The third-order valence-electron chi connectivity index (χ3n) is 6.88. The number of hydrogen-bond donors (Lipinski definition) is 4. The van der Waals surface area contributed by atoms with Crippen LogP contribution in [0.5, 0.6) is 0 Å². The van der Waals surface area contributed by atoms with Crippen molar-refractivity contribution >= 4 is 59.2 Å². The molecule has 4 N–H and O–H groups in total. The Morgan fingerprint density at radius 2 is 1.95 bits per heavy atom. The number of urea groups is 1. The summed E-state index contributed by atoms with van der Waals surface area (Å²) in [6, 6.07) is -2.74. The van der Waals surface area contributed by atoms with Gasteiger partial charge in [0.2, 0.25) is 11.1 Å². The zero-order valence-corrected chi connectivity index (χ0v) is 24.6. The molecule has 4 atom stereocenters. The van der Waals surface area contributed by atoms with Crippen molar-refractivity contribution in [2.24, 2.45) is 7.05 Å². The molecular formula is C22H29N9O9S2. The Bertz CT molecular complexity index is 1350. The molecule has 6 amide bonds. The fraction of sp³-hybridized carbons (Fsp3) is 0.591. The summed E-state index contributed by atoms with van der Waals surface area (Å²) >= 11 is 2.33. The first-order valence-electron chi connectivity index (χ1n) is 12.6. The number of carbonyl (C=O) groups is 6. The predicted molar refractivity (Wildman–Crippen MR) is 143 cm³/mol. The van der Waals surface area contributed by atoms with Crippen molar-refractivity contribution in [1.29, 1.82) is 0 Å². The van der Waals surface area contributed by atoms with Gasteiger partial charge in [-0.25, -0.2) is 14.3 Å². The molecule has 0 radical (unpaired) electrons. The number of fused-ring (bicyclic) bond motifs is 1. The Labute approximate surface area is 247 Å². The number of rotatable bonds is 10. The molecule has 0 spiro atoms. The predicted octanol–water partition coefficient (Wildman–Crippen LogP) is -2.84. The second-order valence-corrected chi connectivity index (χ2v) is 11.4. The number of aliphatic hydroxyl groups excluding tert-OH is 1. The van der Waals surface area contributed by atoms with Gasteiger partial charge >= 0.3 is 23.8 Å². The lowest BCUT2D eigenvalue weighted by Crippen LogP contribution is -2.81. The molecule has 0 bridgehead atoms. The van der Waals surface area contributed by atoms with Crippen LogP contribution >= 0.6 is 23.5 Å². The van der Waals surface area contributed by atoms with E-state index in [0.29, 0.717) is 15.6 Å². The number of aromatic nitrogens is 4. The number of piperazine rings is 1. The Kier molecular flexibility index (Phi) is 9.09. The first-order valence-corrected chi connectivity index (χ1v) is 14.6. The van der Waals surface area contributed by atoms with E-state index in [-0.39, 0.29) is 36.8 Å². The fourth-order valence-corrected chi connectivity index (χ4v) is 7.02. The van der Waals surface area contributed by atoms with Gasteiger partial charge in [-0.3, -0.25) is 29.0 Å². The van der Waals surface area contributed by atoms with Crippen LogP contribution in [0.1, 0.15) is 13.8 Å². The average molecular weight is 628 g/mol. The summed E-state index contributed by atoms with van der Waals surface area (Å²) in [6.07, 6.45) is -1.50. The van der Waals surface area contributed by atoms with Gasteiger partial charge in [0.15, 0.2) is 0 Å². The van der Waals surface area contributed by atoms with Gasteiger partial charge in [-0.15, -0.1) is 16.9 Å². The molecule has 228 valence electrons. The van der Waals surface area contributed by atoms with Crippen molar-refractivity contribution in [2.75, 3.05) is 38.2 Å². The molecule has 18 nitrogen and oxygen atoms in total. The van der Waals surface area contributed by atoms with E-state index >= 15 is 0 Å². The van der Waals surface area contributed by atoms with Crippen LogP contribution in [0.15, 0.2) is 16.4 Å². The van der Waals surface area contributed by atoms with Crippen molar-refractivity contribution in [3.8, 4) is 0 Å². The molecule has 0 aromatic carbocycles. The molecule has 0 saturated carbocycles. The van der Waals surface area contributed by atoms with Gasteiger partial charge in [-0.05, 0) is 29.8 Å². The highest BCUT2D eigenvalue weighted by Gasteiger charge is 2.67. The minimum Gasteiger partial charge on any atom is -0.477 e. The number of aryl methyl sites for hydroxylation is 1. The number of thioether (sulfide) groups is 2. The van der Waals surface area contributed by atoms with E-state index < -0.39 is 58.9 Å². The number of carboxylic acid groups (broad SMARTS) is 1. The second-order valence-electron chi connectivity index (χ2n) is 9.41. The number of aliphatic hydroxyl groups is 1. The Hall–Kier alpha value is -3.75. The van der Waals surface area contributed by atoms with Gasteiger partial charge in [0.05, 0.1) is 6.10 Å². The highest BCUT2D eigenvalue weighted by Crippen LogP contribution is 2.47. The number of carbonyl (C=O) groups excluding carboxylic acids is 5. The monoisotopic (exact) mass is 627 g/mol. The summed E-state index contributed by atoms with van der Waals surface area (Å²) in [5, 5.41) is 35.5. The Balaban J connectivity index is 1.49. The topological polar surface area (TPSA) is 229 Å². The third kappa shape index (κ3) is 5.41. The van der Waals surface area contributed by atoms with E-state index in [1.54, 1.807) is 14.0 Å². The van der Waals surface area contributed by atoms with Gasteiger partial charge in [0.1, 0.15) is 17.1 Å². The maximum absolute atomic E-state index is 13.4. The standard InChI is InChI=1S/C22H29N9O9S2/c1-5-29-6-7-30(16(35)15(29)34)20(39)23-12(10(2)32)14(33)24-22(40-4)18(38)31-13(17(36)37)11(8-41-19(22)31)9-42-21-25-26-27-28(21)3/h10,12,19,32H,5-9H2,1-4H3,(H,23,39)(H,24,33)(H,36,37)/t10-,12+,19-,22+/m0/s1. The summed E-state index contributed by atoms with van der Waals surface area (Å²) in [5.74, 6) is -4.87. The van der Waals surface area contributed by atoms with Crippen LogP contribution in [0.3, 0.4) is 0 Å². The first kappa shape index (κ1) is 31.2. The maximum atomic E-state index is 13.4. The van der Waals surface area contributed by atoms with Crippen molar-refractivity contribution in [1.82, 2.24) is 45.5 Å². The van der Waals surface area contributed by atoms with Crippen LogP contribution in [0.2, 0.25) is 0 Å². The molecule has 0 aliphatic carbocycles. The molecule has 0 unspecified atom stereocenters. The number of aliphatic carboxylic acids is 1. The molecule has 2 fully saturated rings. The quantitative estimate of drug-likeness (QED) is 0.0887. The number of tetrazole rings is 1. The Morgan fingerprint density at radius 1 is 1.24 bits per heavy atom. The molecule has 20 heteroatoms. The highest BCUT2D eigenvalue weighted by molar-refractivity contribution is 8.01. The second kappa shape index (κ2) is 12.2. The van der Waals surface area contributed by atoms with E-state index in [4.69, 9.17) is 4.74 Å². The average Bonchev–Trinajstić information content (AvgIpc) is 3.37. The number of ether oxygens (including phenoxy) is 1. The summed E-state index contributed by atoms with van der Waals surface area (Å²) < 4.78 is 6.84. The van der Waals surface area contributed by atoms with Crippen molar-refractivity contribution in [2.45, 2.75) is 42.2 Å². The number of methoxy groups -OCH3 is 1. The van der Waals surface area contributed by atoms with Crippen molar-refractivity contribution in [3.05, 3.63) is 11.3 Å². The van der Waals surface area contributed by atoms with E-state index in [0.717, 1.165) is 23.8 Å². The van der Waals surface area contributed by atoms with E-state index in [1.807, 2.05) is 0 Å². The number of imide groups is 1. The summed E-state index contributed by atoms with van der Waals surface area (Å²) in [5.41, 5.74) is -1.84. The van der Waals surface area contributed by atoms with Crippen molar-refractivity contribution in [3.63, 3.8) is 0 Å². The fourth-order valence-electron chi connectivity index (χ4n) is 4.60. The van der Waals surface area contributed by atoms with Crippen LogP contribution in [-0.2, 0) is 35.8 Å². The van der Waals surface area contributed by atoms with Gasteiger partial charge in [-0.2, -0.15) is 0 Å². The van der Waals surface area contributed by atoms with Gasteiger partial charge in [0.25, 0.3) is 11.6 Å². The number of nitrogens with zero attached hydrogens (tertiary/aromatic N) is 7. The minimum atomic E-state index is -2.01. The van der Waals surface area contributed by atoms with Gasteiger partial charge in [0, 0.05) is 45.3 Å². The number of hydrogen-bond acceptors (Lipinski definition) is 13. The van der Waals surface area contributed by atoms with Crippen LogP contribution in [0, 0.1) is 0 Å². The zero-order chi connectivity index (χ0) is 30.9. The van der Waals surface area contributed by atoms with Crippen LogP contribution < -0.4 is 10.6 Å². The maximum Gasteiger partial charge on any atom is 0.352 e.